The highest BCUT2D eigenvalue weighted by Crippen LogP contribution is 2.17. The zero-order valence-electron chi connectivity index (χ0n) is 51.7. The van der Waals surface area contributed by atoms with Crippen LogP contribution in [-0.4, -0.2) is 181 Å². The molecule has 1 aliphatic heterocycles. The van der Waals surface area contributed by atoms with Gasteiger partial charge in [-0.1, -0.05) is 105 Å². The van der Waals surface area contributed by atoms with Crippen molar-refractivity contribution in [2.24, 2.45) is 35.1 Å². The number of unbranched alkanes of at least 4 members (excludes halogenated alkanes) is 1. The molecule has 15 atom stereocenters. The van der Waals surface area contributed by atoms with Crippen molar-refractivity contribution in [3.63, 3.8) is 0 Å². The van der Waals surface area contributed by atoms with E-state index in [1.165, 1.54) is 13.8 Å². The van der Waals surface area contributed by atoms with Gasteiger partial charge in [-0.25, -0.2) is 4.79 Å². The number of nitrogens with one attached hydrogen (secondary N) is 11. The zero-order chi connectivity index (χ0) is 65.0. The van der Waals surface area contributed by atoms with Gasteiger partial charge in [0.15, 0.2) is 0 Å². The van der Waals surface area contributed by atoms with Crippen LogP contribution in [0.3, 0.4) is 0 Å². The smallest absolute Gasteiger partial charge is 0.329 e. The number of aliphatic hydroxyl groups is 2. The molecule has 0 unspecified atom stereocenters. The molecule has 2 rings (SSSR count). The van der Waals surface area contributed by atoms with Crippen LogP contribution < -0.4 is 70.0 Å². The molecule has 0 aromatic heterocycles. The van der Waals surface area contributed by atoms with Crippen LogP contribution in [0.15, 0.2) is 30.3 Å². The zero-order valence-corrected chi connectivity index (χ0v) is 51.7. The van der Waals surface area contributed by atoms with E-state index >= 15 is 0 Å². The summed E-state index contributed by atoms with van der Waals surface area (Å²) in [6.07, 6.45) is 0.202. The molecule has 28 heteroatoms. The molecule has 1 saturated heterocycles. The maximum absolute atomic E-state index is 14.4. The van der Waals surface area contributed by atoms with E-state index in [4.69, 9.17) is 16.2 Å². The maximum atomic E-state index is 14.4. The van der Waals surface area contributed by atoms with Crippen molar-refractivity contribution in [1.29, 1.82) is 0 Å². The van der Waals surface area contributed by atoms with Gasteiger partial charge in [0.1, 0.15) is 66.5 Å². The van der Waals surface area contributed by atoms with Gasteiger partial charge in [-0.05, 0) is 95.2 Å². The lowest BCUT2D eigenvalue weighted by molar-refractivity contribution is -0.157. The first kappa shape index (κ1) is 74.8. The lowest BCUT2D eigenvalue weighted by atomic mass is 9.94. The van der Waals surface area contributed by atoms with E-state index < -0.39 is 187 Å². The Labute approximate surface area is 504 Å². The summed E-state index contributed by atoms with van der Waals surface area (Å²) in [6, 6.07) is -6.07. The van der Waals surface area contributed by atoms with E-state index in [-0.39, 0.29) is 31.6 Å². The van der Waals surface area contributed by atoms with Gasteiger partial charge in [0.05, 0.1) is 19.3 Å². The number of hydrogen-bond donors (Lipinski definition) is 15. The van der Waals surface area contributed by atoms with E-state index in [9.17, 15) is 67.7 Å². The van der Waals surface area contributed by atoms with E-state index in [0.29, 0.717) is 32.2 Å². The van der Waals surface area contributed by atoms with E-state index in [0.717, 1.165) is 5.56 Å². The quantitative estimate of drug-likeness (QED) is 0.0245. The highest BCUT2D eigenvalue weighted by Gasteiger charge is 2.41. The van der Waals surface area contributed by atoms with Crippen LogP contribution >= 0.6 is 0 Å². The van der Waals surface area contributed by atoms with Gasteiger partial charge >= 0.3 is 5.97 Å². The van der Waals surface area contributed by atoms with Crippen LogP contribution in [0.2, 0.25) is 0 Å². The number of nitrogens with two attached hydrogens (primary N) is 2. The fourth-order valence-electron chi connectivity index (χ4n) is 9.13. The van der Waals surface area contributed by atoms with Gasteiger partial charge in [0.25, 0.3) is 0 Å². The third kappa shape index (κ3) is 24.2. The Kier molecular flexibility index (Phi) is 33.0. The number of rotatable bonds is 34. The minimum atomic E-state index is -1.81. The second-order valence-corrected chi connectivity index (χ2v) is 22.6. The van der Waals surface area contributed by atoms with E-state index in [1.807, 2.05) is 44.2 Å². The monoisotopic (exact) mass is 1220 g/mol. The number of carbonyl (C=O) groups is 12. The van der Waals surface area contributed by atoms with Crippen molar-refractivity contribution >= 4 is 70.9 Å². The Hall–Kier alpha value is -7.30. The van der Waals surface area contributed by atoms with Gasteiger partial charge in [-0.2, -0.15) is 0 Å². The lowest BCUT2D eigenvalue weighted by Gasteiger charge is -2.31. The number of aliphatic hydroxyl groups excluding tert-OH is 2. The van der Waals surface area contributed by atoms with E-state index in [1.54, 1.807) is 48.6 Å². The summed E-state index contributed by atoms with van der Waals surface area (Å²) in [6.45, 7) is 14.7. The summed E-state index contributed by atoms with van der Waals surface area (Å²) in [7, 11) is 1.60. The average Bonchev–Trinajstić information content (AvgIpc) is 3.03. The van der Waals surface area contributed by atoms with Crippen LogP contribution in [0, 0.1) is 23.7 Å². The molecule has 17 N–H and O–H groups in total. The minimum absolute atomic E-state index is 0.121. The molecule has 86 heavy (non-hydrogen) atoms. The fraction of sp³-hybridized carbons (Fsp3) is 0.690. The summed E-state index contributed by atoms with van der Waals surface area (Å²) in [5, 5.41) is 49.3. The molecule has 11 amide bonds. The predicted octanol–water partition coefficient (Wildman–Crippen LogP) is -2.81. The Morgan fingerprint density at radius 3 is 1.66 bits per heavy atom. The number of amides is 11. The number of esters is 1. The number of carbonyl (C=O) groups excluding carboxylic acids is 12. The molecule has 1 aromatic carbocycles. The molecule has 1 aliphatic rings. The number of ether oxygens (including phenoxy) is 1. The Balaban J connectivity index is 2.40. The summed E-state index contributed by atoms with van der Waals surface area (Å²) in [5.74, 6) is -12.6. The van der Waals surface area contributed by atoms with Crippen LogP contribution in [-0.2, 0) is 68.7 Å². The number of benzene rings is 1. The molecule has 484 valence electrons. The summed E-state index contributed by atoms with van der Waals surface area (Å²) < 4.78 is 5.71. The van der Waals surface area contributed by atoms with Crippen molar-refractivity contribution in [2.75, 3.05) is 26.8 Å². The number of likely N-dealkylation sites (N-methyl/N-ethyl adjacent to an activating group) is 1. The molecule has 0 aliphatic carbocycles. The molecular formula is C58H97N13O15. The molecule has 1 heterocycles. The van der Waals surface area contributed by atoms with Gasteiger partial charge in [-0.3, -0.25) is 52.7 Å². The first-order valence-corrected chi connectivity index (χ1v) is 29.8. The minimum Gasteiger partial charge on any atom is -0.458 e. The summed E-state index contributed by atoms with van der Waals surface area (Å²) in [5.41, 5.74) is 12.0. The van der Waals surface area contributed by atoms with Crippen molar-refractivity contribution in [3.05, 3.63) is 35.9 Å². The Bertz CT molecular complexity index is 2440. The topological polar surface area (TPSA) is 439 Å². The molecular weight excluding hydrogens is 1120 g/mol. The molecule has 28 nitrogen and oxygen atoms in total. The standard InChI is InChI=1S/C58H97N13O15/c1-12-31(6)44(55(82)67-42(29-73)54(81)71-47-35(10)86-58(85)46(33(8)14-3)70-49(76)37(22-18-19-25-59)63-48(75)34(9)62-57(47)84)69-56(83)45(32(7)13-2)68-50(77)38(23-24-43(60)74)64-53(80)41(28-72)66-52(79)40(26-30(4)5)65-51(78)39(61-11)27-36-20-16-15-17-21-36/h15-17,20-21,30-35,37-42,44-47,61,72-73H,12-14,18-19,22-29,59H2,1-11H3,(H2,60,74)(H,62,84)(H,63,75)(H,64,80)(H,65,78)(H,66,79)(H,67,82)(H,68,77)(H,69,83)(H,70,76)(H,71,81)/t31-,32-,33-,34-,35-,37-,38+,39+,40-,41-,42-,44-,45+,46-,47+/m0/s1. The van der Waals surface area contributed by atoms with Gasteiger partial charge in [0.2, 0.25) is 65.0 Å². The first-order valence-electron chi connectivity index (χ1n) is 29.8. The number of cyclic esters (lactones) is 1. The summed E-state index contributed by atoms with van der Waals surface area (Å²) >= 11 is 0. The molecule has 1 aromatic rings. The van der Waals surface area contributed by atoms with E-state index in [2.05, 4.69) is 58.5 Å². The molecule has 0 radical (unpaired) electrons. The largest absolute Gasteiger partial charge is 0.458 e. The van der Waals surface area contributed by atoms with Gasteiger partial charge < -0.3 is 84.9 Å². The van der Waals surface area contributed by atoms with Gasteiger partial charge in [0, 0.05) is 6.42 Å². The number of primary amides is 1. The third-order valence-corrected chi connectivity index (χ3v) is 15.3. The lowest BCUT2D eigenvalue weighted by Crippen LogP contribution is -2.63. The highest BCUT2D eigenvalue weighted by atomic mass is 16.5. The van der Waals surface area contributed by atoms with Crippen LogP contribution in [0.4, 0.5) is 0 Å². The van der Waals surface area contributed by atoms with Crippen molar-refractivity contribution in [1.82, 2.24) is 58.5 Å². The number of hydrogen-bond acceptors (Lipinski definition) is 17. The normalized spacial score (nSPS) is 21.0. The third-order valence-electron chi connectivity index (χ3n) is 15.3. The molecule has 0 saturated carbocycles. The molecule has 1 fully saturated rings. The van der Waals surface area contributed by atoms with Crippen LogP contribution in [0.25, 0.3) is 0 Å². The highest BCUT2D eigenvalue weighted by molar-refractivity contribution is 5.99. The SMILES string of the molecule is CC[C@H](C)[C@H](NC(=O)[C@H](NC(=O)[C@@H](CCC(N)=O)NC(=O)[C@H](CO)NC(=O)[C@H](CC(C)C)NC(=O)[C@@H](Cc1ccccc1)NC)[C@@H](C)CC)C(=O)N[C@@H](CO)C(=O)N[C@H]1C(=O)N[C@@H](C)C(=O)N[C@@H](CCCCN)C(=O)N[C@@H]([C@@H](C)CC)C(=O)O[C@H]1C. The van der Waals surface area contributed by atoms with Crippen LogP contribution in [0.5, 0.6) is 0 Å². The fourth-order valence-corrected chi connectivity index (χ4v) is 9.13. The van der Waals surface area contributed by atoms with Crippen molar-refractivity contribution < 1.29 is 72.5 Å². The predicted molar refractivity (Wildman–Crippen MR) is 317 cm³/mol. The van der Waals surface area contributed by atoms with Crippen molar-refractivity contribution in [2.45, 2.75) is 206 Å². The average molecular weight is 1220 g/mol. The second kappa shape index (κ2) is 38.0. The van der Waals surface area contributed by atoms with Crippen LogP contribution in [0.1, 0.15) is 133 Å². The Morgan fingerprint density at radius 1 is 0.616 bits per heavy atom. The maximum Gasteiger partial charge on any atom is 0.329 e. The summed E-state index contributed by atoms with van der Waals surface area (Å²) in [4.78, 5) is 165. The molecule has 0 bridgehead atoms. The second-order valence-electron chi connectivity index (χ2n) is 22.6. The first-order chi connectivity index (χ1) is 40.6. The Morgan fingerprint density at radius 2 is 1.13 bits per heavy atom. The van der Waals surface area contributed by atoms with Crippen molar-refractivity contribution in [3.8, 4) is 0 Å². The molecule has 0 spiro atoms. The van der Waals surface area contributed by atoms with Gasteiger partial charge in [-0.15, -0.1) is 0 Å².